The van der Waals surface area contributed by atoms with Crippen molar-refractivity contribution in [3.05, 3.63) is 46.6 Å². The molecular formula is C23H28ClF3N4O8S. The Balaban J connectivity index is 1.84. The molecule has 0 atom stereocenters. The number of amides is 1. The summed E-state index contributed by atoms with van der Waals surface area (Å²) in [4.78, 5) is 17.6. The van der Waals surface area contributed by atoms with Crippen molar-refractivity contribution in [2.75, 3.05) is 59.7 Å². The Morgan fingerprint density at radius 1 is 1.25 bits per heavy atom. The third kappa shape index (κ3) is 9.07. The molecule has 2 N–H and O–H groups in total. The number of halogens is 4. The van der Waals surface area contributed by atoms with E-state index in [1.54, 1.807) is 0 Å². The summed E-state index contributed by atoms with van der Waals surface area (Å²) >= 11 is 5.97. The SMILES string of the molecule is COCCOc1ccc(CN(C(=O)O)S(=O)(=O)NCCN2CCOCC2)c(Oc2ncc(C(F)(F)F)cc2Cl)c1. The summed E-state index contributed by atoms with van der Waals surface area (Å²) in [5, 5.41) is 9.23. The zero-order valence-corrected chi connectivity index (χ0v) is 22.9. The Bertz CT molecular complexity index is 1260. The van der Waals surface area contributed by atoms with E-state index in [1.807, 2.05) is 4.90 Å². The van der Waals surface area contributed by atoms with Gasteiger partial charge in [0.2, 0.25) is 5.88 Å². The highest BCUT2D eigenvalue weighted by Gasteiger charge is 2.32. The van der Waals surface area contributed by atoms with Gasteiger partial charge in [-0.1, -0.05) is 11.6 Å². The molecule has 0 unspecified atom stereocenters. The molecule has 1 aromatic heterocycles. The Kier molecular flexibility index (Phi) is 11.2. The molecule has 17 heteroatoms. The maximum Gasteiger partial charge on any atom is 0.422 e. The fourth-order valence-electron chi connectivity index (χ4n) is 3.50. The van der Waals surface area contributed by atoms with Crippen LogP contribution in [0.1, 0.15) is 11.1 Å². The first kappa shape index (κ1) is 31.6. The largest absolute Gasteiger partial charge is 0.491 e. The van der Waals surface area contributed by atoms with Crippen molar-refractivity contribution >= 4 is 27.9 Å². The number of carboxylic acid groups (broad SMARTS) is 1. The number of morpholine rings is 1. The van der Waals surface area contributed by atoms with Crippen LogP contribution in [0.2, 0.25) is 5.02 Å². The summed E-state index contributed by atoms with van der Waals surface area (Å²) in [6, 6.07) is 4.72. The predicted molar refractivity (Wildman–Crippen MR) is 136 cm³/mol. The lowest BCUT2D eigenvalue weighted by atomic mass is 10.2. The van der Waals surface area contributed by atoms with Crippen molar-refractivity contribution < 1.29 is 50.4 Å². The molecule has 0 bridgehead atoms. The van der Waals surface area contributed by atoms with Crippen LogP contribution in [0.4, 0.5) is 18.0 Å². The van der Waals surface area contributed by atoms with Crippen LogP contribution in [-0.2, 0) is 32.4 Å². The summed E-state index contributed by atoms with van der Waals surface area (Å²) in [5.74, 6) is -0.329. The highest BCUT2D eigenvalue weighted by Crippen LogP contribution is 2.36. The number of rotatable bonds is 13. The molecule has 12 nitrogen and oxygen atoms in total. The molecule has 0 radical (unpaired) electrons. The minimum atomic E-state index is -4.69. The smallest absolute Gasteiger partial charge is 0.422 e. The molecule has 1 aromatic carbocycles. The van der Waals surface area contributed by atoms with Gasteiger partial charge in [-0.25, -0.2) is 9.78 Å². The number of carbonyl (C=O) groups is 1. The Morgan fingerprint density at radius 2 is 1.98 bits per heavy atom. The Morgan fingerprint density at radius 3 is 2.60 bits per heavy atom. The number of hydrogen-bond acceptors (Lipinski definition) is 9. The van der Waals surface area contributed by atoms with E-state index in [0.29, 0.717) is 45.1 Å². The molecule has 40 heavy (non-hydrogen) atoms. The molecule has 1 saturated heterocycles. The monoisotopic (exact) mass is 612 g/mol. The number of nitrogens with one attached hydrogen (secondary N) is 1. The number of aromatic nitrogens is 1. The van der Waals surface area contributed by atoms with Crippen LogP contribution >= 0.6 is 11.6 Å². The highest BCUT2D eigenvalue weighted by atomic mass is 35.5. The average molecular weight is 613 g/mol. The van der Waals surface area contributed by atoms with Crippen LogP contribution in [0.25, 0.3) is 0 Å². The molecule has 1 fully saturated rings. The number of pyridine rings is 1. The van der Waals surface area contributed by atoms with Crippen LogP contribution in [0.15, 0.2) is 30.5 Å². The molecule has 1 amide bonds. The van der Waals surface area contributed by atoms with Gasteiger partial charge < -0.3 is 24.1 Å². The second kappa shape index (κ2) is 14.1. The highest BCUT2D eigenvalue weighted by molar-refractivity contribution is 7.87. The number of nitrogens with zero attached hydrogens (tertiary/aromatic N) is 3. The molecule has 0 spiro atoms. The minimum Gasteiger partial charge on any atom is -0.491 e. The number of methoxy groups -OCH3 is 1. The molecule has 1 aliphatic rings. The summed E-state index contributed by atoms with van der Waals surface area (Å²) in [5.41, 5.74) is -1.06. The van der Waals surface area contributed by atoms with Crippen LogP contribution in [0.5, 0.6) is 17.4 Å². The zero-order valence-electron chi connectivity index (χ0n) is 21.3. The van der Waals surface area contributed by atoms with Crippen molar-refractivity contribution in [3.8, 4) is 17.4 Å². The van der Waals surface area contributed by atoms with Crippen LogP contribution in [-0.4, -0.2) is 93.5 Å². The number of hydrogen-bond donors (Lipinski definition) is 2. The molecule has 3 rings (SSSR count). The summed E-state index contributed by atoms with van der Waals surface area (Å²) in [6.07, 6.45) is -5.94. The first-order valence-electron chi connectivity index (χ1n) is 11.9. The first-order chi connectivity index (χ1) is 18.9. The van der Waals surface area contributed by atoms with Gasteiger partial charge in [0, 0.05) is 51.1 Å². The topological polar surface area (TPSA) is 140 Å². The zero-order chi connectivity index (χ0) is 29.3. The number of benzene rings is 1. The fourth-order valence-corrected chi connectivity index (χ4v) is 4.72. The summed E-state index contributed by atoms with van der Waals surface area (Å²) in [7, 11) is -3.04. The van der Waals surface area contributed by atoms with E-state index < -0.39 is 45.5 Å². The minimum absolute atomic E-state index is 0.0396. The summed E-state index contributed by atoms with van der Waals surface area (Å²) < 4.78 is 88.6. The molecule has 0 saturated carbocycles. The Labute approximate surface area is 233 Å². The van der Waals surface area contributed by atoms with Gasteiger partial charge in [0.05, 0.1) is 31.9 Å². The van der Waals surface area contributed by atoms with Gasteiger partial charge >= 0.3 is 22.5 Å². The van der Waals surface area contributed by atoms with Crippen LogP contribution < -0.4 is 14.2 Å². The molecule has 0 aliphatic carbocycles. The van der Waals surface area contributed by atoms with E-state index in [1.165, 1.54) is 25.3 Å². The third-order valence-electron chi connectivity index (χ3n) is 5.57. The van der Waals surface area contributed by atoms with Gasteiger partial charge in [-0.3, -0.25) is 4.90 Å². The quantitative estimate of drug-likeness (QED) is 0.324. The first-order valence-corrected chi connectivity index (χ1v) is 13.7. The Hall–Kier alpha value is -2.89. The van der Waals surface area contributed by atoms with Crippen LogP contribution in [0.3, 0.4) is 0 Å². The lowest BCUT2D eigenvalue weighted by Gasteiger charge is -2.27. The van der Waals surface area contributed by atoms with E-state index in [4.69, 9.17) is 30.5 Å². The van der Waals surface area contributed by atoms with E-state index in [-0.39, 0.29) is 41.1 Å². The lowest BCUT2D eigenvalue weighted by molar-refractivity contribution is -0.137. The number of alkyl halides is 3. The van der Waals surface area contributed by atoms with Crippen LogP contribution in [0, 0.1) is 0 Å². The van der Waals surface area contributed by atoms with E-state index in [9.17, 15) is 31.5 Å². The van der Waals surface area contributed by atoms with Gasteiger partial charge in [0.25, 0.3) is 0 Å². The van der Waals surface area contributed by atoms with Crippen molar-refractivity contribution in [1.29, 1.82) is 0 Å². The number of ether oxygens (including phenoxy) is 4. The molecule has 2 heterocycles. The van der Waals surface area contributed by atoms with E-state index >= 15 is 0 Å². The fraction of sp³-hybridized carbons (Fsp3) is 0.478. The van der Waals surface area contributed by atoms with Gasteiger partial charge in [-0.2, -0.15) is 30.6 Å². The van der Waals surface area contributed by atoms with Gasteiger partial charge in [0.15, 0.2) is 0 Å². The maximum absolute atomic E-state index is 13.0. The third-order valence-corrected chi connectivity index (χ3v) is 7.28. The van der Waals surface area contributed by atoms with Crippen molar-refractivity contribution in [2.45, 2.75) is 12.7 Å². The van der Waals surface area contributed by atoms with Crippen molar-refractivity contribution in [1.82, 2.24) is 18.9 Å². The second-order valence-electron chi connectivity index (χ2n) is 8.36. The summed E-state index contributed by atoms with van der Waals surface area (Å²) in [6.45, 7) is 2.23. The standard InChI is InChI=1S/C23H28ClF3N4O8S/c1-36-10-11-38-18-3-2-16(20(13-18)39-21-19(24)12-17(14-28-21)23(25,26)27)15-31(22(32)33)40(34,35)29-4-5-30-6-8-37-9-7-30/h2-3,12-14,29H,4-11,15H2,1H3,(H,32,33). The van der Waals surface area contributed by atoms with Gasteiger partial charge in [-0.05, 0) is 18.2 Å². The molecular weight excluding hydrogens is 585 g/mol. The van der Waals surface area contributed by atoms with E-state index in [0.717, 1.165) is 0 Å². The molecule has 2 aromatic rings. The van der Waals surface area contributed by atoms with Gasteiger partial charge in [-0.15, -0.1) is 0 Å². The van der Waals surface area contributed by atoms with Gasteiger partial charge in [0.1, 0.15) is 23.1 Å². The lowest BCUT2D eigenvalue weighted by Crippen LogP contribution is -2.46. The second-order valence-corrected chi connectivity index (χ2v) is 10.5. The average Bonchev–Trinajstić information content (AvgIpc) is 2.89. The molecule has 1 aliphatic heterocycles. The normalized spacial score (nSPS) is 14.6. The predicted octanol–water partition coefficient (Wildman–Crippen LogP) is 3.22. The van der Waals surface area contributed by atoms with Crippen molar-refractivity contribution in [2.24, 2.45) is 0 Å². The molecule has 222 valence electrons. The van der Waals surface area contributed by atoms with Crippen molar-refractivity contribution in [3.63, 3.8) is 0 Å². The van der Waals surface area contributed by atoms with E-state index in [2.05, 4.69) is 9.71 Å². The maximum atomic E-state index is 13.0.